The Morgan fingerprint density at radius 3 is 2.65 bits per heavy atom. The molecule has 0 saturated carbocycles. The number of carboxylic acids is 1. The third kappa shape index (κ3) is 6.12. The fourth-order valence-electron chi connectivity index (χ4n) is 1.98. The summed E-state index contributed by atoms with van der Waals surface area (Å²) >= 11 is 8.49. The van der Waals surface area contributed by atoms with Crippen molar-refractivity contribution >= 4 is 45.4 Å². The molecule has 0 atom stereocenters. The number of carbonyl (C=O) groups is 1. The van der Waals surface area contributed by atoms with Crippen LogP contribution in [0.4, 0.5) is 0 Å². The van der Waals surface area contributed by atoms with E-state index in [2.05, 4.69) is 31.8 Å². The van der Waals surface area contributed by atoms with E-state index in [1.165, 1.54) is 0 Å². The van der Waals surface area contributed by atoms with Crippen LogP contribution in [-0.4, -0.2) is 28.9 Å². The first kappa shape index (κ1) is 19.9. The number of rotatable bonds is 7. The second kappa shape index (κ2) is 9.88. The van der Waals surface area contributed by atoms with Gasteiger partial charge in [-0.25, -0.2) is 4.79 Å². The number of ether oxygens (including phenoxy) is 1. The molecule has 0 aliphatic heterocycles. The highest BCUT2D eigenvalue weighted by Gasteiger charge is 2.05. The molecule has 0 aromatic heterocycles. The minimum Gasteiger partial charge on any atom is -0.488 e. The topological polar surface area (TPSA) is 83.0 Å². The molecule has 6 nitrogen and oxygen atoms in total. The van der Waals surface area contributed by atoms with Crippen LogP contribution in [0.25, 0.3) is 0 Å². The number of nitrogens with one attached hydrogen (secondary N) is 2. The summed E-state index contributed by atoms with van der Waals surface area (Å²) in [6.45, 7) is 3.02. The lowest BCUT2D eigenvalue weighted by atomic mass is 10.1. The average Bonchev–Trinajstić information content (AvgIpc) is 2.61. The number of aromatic carboxylic acids is 1. The summed E-state index contributed by atoms with van der Waals surface area (Å²) in [6, 6.07) is 12.2. The summed E-state index contributed by atoms with van der Waals surface area (Å²) in [5.41, 5.74) is 4.74. The number of halogens is 1. The maximum atomic E-state index is 10.8. The van der Waals surface area contributed by atoms with Crippen LogP contribution in [-0.2, 0) is 6.61 Å². The normalized spacial score (nSPS) is 10.5. The summed E-state index contributed by atoms with van der Waals surface area (Å²) in [5.74, 6) is -0.265. The van der Waals surface area contributed by atoms with Crippen LogP contribution in [0.5, 0.6) is 5.75 Å². The molecule has 0 bridgehead atoms. The van der Waals surface area contributed by atoms with E-state index < -0.39 is 5.97 Å². The first-order valence-corrected chi connectivity index (χ1v) is 9.01. The molecular weight excluding hydrogens is 418 g/mol. The molecule has 0 aliphatic rings. The third-order valence-corrected chi connectivity index (χ3v) is 4.12. The van der Waals surface area contributed by atoms with Gasteiger partial charge >= 0.3 is 5.97 Å². The van der Waals surface area contributed by atoms with Gasteiger partial charge in [-0.15, -0.1) is 0 Å². The number of thiocarbonyl (C=S) groups is 1. The Kier molecular flexibility index (Phi) is 7.55. The molecule has 3 N–H and O–H groups in total. The Morgan fingerprint density at radius 1 is 1.31 bits per heavy atom. The van der Waals surface area contributed by atoms with Crippen LogP contribution in [0.2, 0.25) is 0 Å². The lowest BCUT2D eigenvalue weighted by Gasteiger charge is -2.09. The number of carboxylic acid groups (broad SMARTS) is 1. The van der Waals surface area contributed by atoms with E-state index in [0.29, 0.717) is 17.5 Å². The monoisotopic (exact) mass is 435 g/mol. The van der Waals surface area contributed by atoms with Gasteiger partial charge in [-0.3, -0.25) is 5.43 Å². The molecule has 0 amide bonds. The molecule has 2 aromatic carbocycles. The number of benzene rings is 2. The Labute approximate surface area is 165 Å². The van der Waals surface area contributed by atoms with Crippen LogP contribution in [0, 0.1) is 0 Å². The molecule has 0 fully saturated rings. The van der Waals surface area contributed by atoms with Crippen molar-refractivity contribution in [2.75, 3.05) is 6.54 Å². The van der Waals surface area contributed by atoms with Gasteiger partial charge in [-0.1, -0.05) is 12.1 Å². The first-order chi connectivity index (χ1) is 12.5. The molecule has 8 heteroatoms. The minimum atomic E-state index is -0.946. The quantitative estimate of drug-likeness (QED) is 0.350. The fraction of sp³-hybridized carbons (Fsp3) is 0.167. The van der Waals surface area contributed by atoms with Gasteiger partial charge in [0.05, 0.1) is 16.3 Å². The van der Waals surface area contributed by atoms with Crippen molar-refractivity contribution in [1.29, 1.82) is 0 Å². The Bertz CT molecular complexity index is 810. The fourth-order valence-corrected chi connectivity index (χ4v) is 2.69. The van der Waals surface area contributed by atoms with E-state index in [1.54, 1.807) is 30.5 Å². The molecular formula is C18H18BrN3O3S. The highest BCUT2D eigenvalue weighted by atomic mass is 79.9. The van der Waals surface area contributed by atoms with Crippen molar-refractivity contribution < 1.29 is 14.6 Å². The van der Waals surface area contributed by atoms with Gasteiger partial charge in [-0.2, -0.15) is 5.10 Å². The molecule has 26 heavy (non-hydrogen) atoms. The van der Waals surface area contributed by atoms with E-state index in [-0.39, 0.29) is 5.56 Å². The van der Waals surface area contributed by atoms with Crippen molar-refractivity contribution in [3.05, 3.63) is 63.6 Å². The largest absolute Gasteiger partial charge is 0.488 e. The van der Waals surface area contributed by atoms with Gasteiger partial charge in [0.1, 0.15) is 12.4 Å². The SMILES string of the molecule is CCNC(=S)N/N=C\c1ccc(OCc2ccc(C(=O)O)cc2)c(Br)c1. The summed E-state index contributed by atoms with van der Waals surface area (Å²) < 4.78 is 6.56. The van der Waals surface area contributed by atoms with Gasteiger partial charge in [0, 0.05) is 6.54 Å². The Balaban J connectivity index is 1.93. The first-order valence-electron chi connectivity index (χ1n) is 7.81. The zero-order valence-electron chi connectivity index (χ0n) is 14.0. The molecule has 136 valence electrons. The number of nitrogens with zero attached hydrogens (tertiary/aromatic N) is 1. The maximum absolute atomic E-state index is 10.8. The predicted octanol–water partition coefficient (Wildman–Crippen LogP) is 3.54. The average molecular weight is 436 g/mol. The van der Waals surface area contributed by atoms with Crippen molar-refractivity contribution in [3.8, 4) is 5.75 Å². The van der Waals surface area contributed by atoms with E-state index in [1.807, 2.05) is 25.1 Å². The standard InChI is InChI=1S/C18H18BrN3O3S/c1-2-20-18(26)22-21-10-13-5-8-16(15(19)9-13)25-11-12-3-6-14(7-4-12)17(23)24/h3-10H,2,11H2,1H3,(H,23,24)(H2,20,22,26)/b21-10-. The number of hydrazone groups is 1. The van der Waals surface area contributed by atoms with E-state index in [0.717, 1.165) is 22.1 Å². The molecule has 2 rings (SSSR count). The van der Waals surface area contributed by atoms with Gasteiger partial charge in [0.25, 0.3) is 0 Å². The zero-order valence-corrected chi connectivity index (χ0v) is 16.4. The molecule has 0 unspecified atom stereocenters. The van der Waals surface area contributed by atoms with Crippen molar-refractivity contribution in [2.24, 2.45) is 5.10 Å². The summed E-state index contributed by atoms with van der Waals surface area (Å²) in [7, 11) is 0. The number of hydrogen-bond acceptors (Lipinski definition) is 4. The molecule has 0 aliphatic carbocycles. The molecule has 0 radical (unpaired) electrons. The van der Waals surface area contributed by atoms with E-state index in [4.69, 9.17) is 22.1 Å². The minimum absolute atomic E-state index is 0.251. The van der Waals surface area contributed by atoms with Crippen LogP contribution in [0.1, 0.15) is 28.4 Å². The highest BCUT2D eigenvalue weighted by Crippen LogP contribution is 2.26. The summed E-state index contributed by atoms with van der Waals surface area (Å²) in [5, 5.41) is 16.4. The molecule has 0 heterocycles. The molecule has 2 aromatic rings. The Morgan fingerprint density at radius 2 is 2.04 bits per heavy atom. The predicted molar refractivity (Wildman–Crippen MR) is 109 cm³/mol. The lowest BCUT2D eigenvalue weighted by molar-refractivity contribution is 0.0697. The molecule has 0 spiro atoms. The zero-order chi connectivity index (χ0) is 18.9. The lowest BCUT2D eigenvalue weighted by Crippen LogP contribution is -2.31. The molecule has 0 saturated heterocycles. The van der Waals surface area contributed by atoms with Crippen molar-refractivity contribution in [1.82, 2.24) is 10.7 Å². The number of hydrogen-bond donors (Lipinski definition) is 3. The third-order valence-electron chi connectivity index (χ3n) is 3.27. The van der Waals surface area contributed by atoms with Crippen LogP contribution in [0.15, 0.2) is 52.0 Å². The maximum Gasteiger partial charge on any atom is 0.335 e. The van der Waals surface area contributed by atoms with Gasteiger partial charge < -0.3 is 15.2 Å². The summed E-state index contributed by atoms with van der Waals surface area (Å²) in [6.07, 6.45) is 1.66. The van der Waals surface area contributed by atoms with E-state index in [9.17, 15) is 4.79 Å². The second-order valence-electron chi connectivity index (χ2n) is 5.21. The Hall–Kier alpha value is -2.45. The van der Waals surface area contributed by atoms with Crippen molar-refractivity contribution in [2.45, 2.75) is 13.5 Å². The van der Waals surface area contributed by atoms with Gasteiger partial charge in [0.15, 0.2) is 5.11 Å². The van der Waals surface area contributed by atoms with E-state index >= 15 is 0 Å². The van der Waals surface area contributed by atoms with Crippen LogP contribution in [0.3, 0.4) is 0 Å². The van der Waals surface area contributed by atoms with Gasteiger partial charge in [0.2, 0.25) is 0 Å². The second-order valence-corrected chi connectivity index (χ2v) is 6.47. The summed E-state index contributed by atoms with van der Waals surface area (Å²) in [4.78, 5) is 10.8. The van der Waals surface area contributed by atoms with Crippen LogP contribution < -0.4 is 15.5 Å². The van der Waals surface area contributed by atoms with Gasteiger partial charge in [-0.05, 0) is 76.5 Å². The van der Waals surface area contributed by atoms with Crippen molar-refractivity contribution in [3.63, 3.8) is 0 Å². The smallest absolute Gasteiger partial charge is 0.335 e. The highest BCUT2D eigenvalue weighted by molar-refractivity contribution is 9.10. The van der Waals surface area contributed by atoms with Crippen LogP contribution >= 0.6 is 28.1 Å².